The summed E-state index contributed by atoms with van der Waals surface area (Å²) in [5.74, 6) is 1.95. The van der Waals surface area contributed by atoms with Gasteiger partial charge in [-0.15, -0.1) is 0 Å². The summed E-state index contributed by atoms with van der Waals surface area (Å²) < 4.78 is 22.8. The molecule has 0 heterocycles. The van der Waals surface area contributed by atoms with Crippen molar-refractivity contribution in [3.8, 4) is 11.5 Å². The summed E-state index contributed by atoms with van der Waals surface area (Å²) in [5.41, 5.74) is 6.60. The molecule has 2 aromatic carbocycles. The number of hydrogen-bond acceptors (Lipinski definition) is 4. The lowest BCUT2D eigenvalue weighted by Crippen LogP contribution is -2.09. The molecule has 0 radical (unpaired) electrons. The molecule has 112 valence electrons. The standard InChI is InChI=1S/C16H19NO3S/c1-19-14-5-7-16(8-6-14)21(18)10-9-20-15-4-2-3-13(11-15)12-17/h2-8,11H,9-10,12,17H2,1H3. The minimum Gasteiger partial charge on any atom is -0.497 e. The van der Waals surface area contributed by atoms with E-state index in [1.54, 1.807) is 19.2 Å². The minimum atomic E-state index is -1.08. The van der Waals surface area contributed by atoms with E-state index in [0.29, 0.717) is 18.9 Å². The molecule has 2 aromatic rings. The van der Waals surface area contributed by atoms with Gasteiger partial charge in [0.05, 0.1) is 23.7 Å². The van der Waals surface area contributed by atoms with Gasteiger partial charge in [0.2, 0.25) is 0 Å². The Hall–Kier alpha value is -1.85. The summed E-state index contributed by atoms with van der Waals surface area (Å²) in [5, 5.41) is 0. The zero-order valence-electron chi connectivity index (χ0n) is 12.0. The summed E-state index contributed by atoms with van der Waals surface area (Å²) in [6, 6.07) is 14.8. The second kappa shape index (κ2) is 7.81. The van der Waals surface area contributed by atoms with Crippen molar-refractivity contribution in [1.82, 2.24) is 0 Å². The van der Waals surface area contributed by atoms with Gasteiger partial charge in [0, 0.05) is 11.4 Å². The van der Waals surface area contributed by atoms with Crippen molar-refractivity contribution in [2.45, 2.75) is 11.4 Å². The molecule has 0 aliphatic heterocycles. The Morgan fingerprint density at radius 2 is 1.86 bits per heavy atom. The van der Waals surface area contributed by atoms with Crippen LogP contribution in [0, 0.1) is 0 Å². The van der Waals surface area contributed by atoms with E-state index in [1.165, 1.54) is 0 Å². The minimum absolute atomic E-state index is 0.396. The van der Waals surface area contributed by atoms with Gasteiger partial charge in [-0.3, -0.25) is 4.21 Å². The molecule has 0 amide bonds. The summed E-state index contributed by atoms with van der Waals surface area (Å²) in [6.07, 6.45) is 0. The van der Waals surface area contributed by atoms with Crippen LogP contribution < -0.4 is 15.2 Å². The lowest BCUT2D eigenvalue weighted by atomic mass is 10.2. The first-order chi connectivity index (χ1) is 10.2. The van der Waals surface area contributed by atoms with Crippen LogP contribution in [0.5, 0.6) is 11.5 Å². The van der Waals surface area contributed by atoms with Gasteiger partial charge in [-0.05, 0) is 42.0 Å². The molecular weight excluding hydrogens is 286 g/mol. The predicted molar refractivity (Wildman–Crippen MR) is 84.1 cm³/mol. The van der Waals surface area contributed by atoms with Crippen molar-refractivity contribution in [2.75, 3.05) is 19.5 Å². The molecule has 0 aliphatic rings. The van der Waals surface area contributed by atoms with Crippen LogP contribution in [0.3, 0.4) is 0 Å². The first-order valence-corrected chi connectivity index (χ1v) is 7.99. The van der Waals surface area contributed by atoms with Crippen LogP contribution >= 0.6 is 0 Å². The summed E-state index contributed by atoms with van der Waals surface area (Å²) in [6.45, 7) is 0.877. The van der Waals surface area contributed by atoms with Crippen molar-refractivity contribution < 1.29 is 13.7 Å². The number of ether oxygens (including phenoxy) is 2. The van der Waals surface area contributed by atoms with Crippen molar-refractivity contribution in [2.24, 2.45) is 5.73 Å². The SMILES string of the molecule is COc1ccc(S(=O)CCOc2cccc(CN)c2)cc1. The highest BCUT2D eigenvalue weighted by molar-refractivity contribution is 7.85. The van der Waals surface area contributed by atoms with E-state index in [9.17, 15) is 4.21 Å². The Morgan fingerprint density at radius 3 is 2.52 bits per heavy atom. The van der Waals surface area contributed by atoms with Crippen molar-refractivity contribution in [1.29, 1.82) is 0 Å². The molecule has 0 saturated heterocycles. The van der Waals surface area contributed by atoms with E-state index in [-0.39, 0.29) is 0 Å². The number of nitrogens with two attached hydrogens (primary N) is 1. The van der Waals surface area contributed by atoms with Gasteiger partial charge < -0.3 is 15.2 Å². The zero-order valence-corrected chi connectivity index (χ0v) is 12.8. The average molecular weight is 305 g/mol. The molecule has 5 heteroatoms. The van der Waals surface area contributed by atoms with Gasteiger partial charge in [0.1, 0.15) is 18.1 Å². The maximum Gasteiger partial charge on any atom is 0.119 e. The second-order valence-corrected chi connectivity index (χ2v) is 6.00. The highest BCUT2D eigenvalue weighted by Crippen LogP contribution is 2.15. The number of rotatable bonds is 7. The van der Waals surface area contributed by atoms with E-state index in [1.807, 2.05) is 36.4 Å². The molecule has 0 bridgehead atoms. The largest absolute Gasteiger partial charge is 0.497 e. The molecular formula is C16H19NO3S. The van der Waals surface area contributed by atoms with E-state index in [4.69, 9.17) is 15.2 Å². The molecule has 21 heavy (non-hydrogen) atoms. The van der Waals surface area contributed by atoms with Crippen LogP contribution in [0.25, 0.3) is 0 Å². The third-order valence-corrected chi connectivity index (χ3v) is 4.33. The number of methoxy groups -OCH3 is 1. The Kier molecular flexibility index (Phi) is 5.78. The number of benzene rings is 2. The molecule has 0 saturated carbocycles. The predicted octanol–water partition coefficient (Wildman–Crippen LogP) is 2.34. The first-order valence-electron chi connectivity index (χ1n) is 6.67. The Labute approximate surface area is 127 Å². The third-order valence-electron chi connectivity index (χ3n) is 2.99. The van der Waals surface area contributed by atoms with Crippen LogP contribution in [0.15, 0.2) is 53.4 Å². The molecule has 0 fully saturated rings. The summed E-state index contributed by atoms with van der Waals surface area (Å²) in [4.78, 5) is 0.773. The van der Waals surface area contributed by atoms with Crippen LogP contribution in [-0.4, -0.2) is 23.7 Å². The van der Waals surface area contributed by atoms with Gasteiger partial charge in [0.25, 0.3) is 0 Å². The molecule has 4 nitrogen and oxygen atoms in total. The van der Waals surface area contributed by atoms with Crippen LogP contribution in [-0.2, 0) is 17.3 Å². The Morgan fingerprint density at radius 1 is 1.10 bits per heavy atom. The Balaban J connectivity index is 1.85. The van der Waals surface area contributed by atoms with Crippen molar-refractivity contribution >= 4 is 10.8 Å². The molecule has 2 rings (SSSR count). The quantitative estimate of drug-likeness (QED) is 0.853. The summed E-state index contributed by atoms with van der Waals surface area (Å²) >= 11 is 0. The van der Waals surface area contributed by atoms with Gasteiger partial charge in [-0.2, -0.15) is 0 Å². The molecule has 0 aliphatic carbocycles. The lowest BCUT2D eigenvalue weighted by molar-refractivity contribution is 0.342. The van der Waals surface area contributed by atoms with Crippen molar-refractivity contribution in [3.05, 3.63) is 54.1 Å². The molecule has 2 N–H and O–H groups in total. The topological polar surface area (TPSA) is 61.5 Å². The fourth-order valence-electron chi connectivity index (χ4n) is 1.84. The third kappa shape index (κ3) is 4.58. The first kappa shape index (κ1) is 15.5. The van der Waals surface area contributed by atoms with Crippen LogP contribution in [0.4, 0.5) is 0 Å². The van der Waals surface area contributed by atoms with E-state index >= 15 is 0 Å². The second-order valence-electron chi connectivity index (χ2n) is 4.43. The maximum atomic E-state index is 12.1. The fraction of sp³-hybridized carbons (Fsp3) is 0.250. The lowest BCUT2D eigenvalue weighted by Gasteiger charge is -2.08. The van der Waals surface area contributed by atoms with Gasteiger partial charge in [-0.1, -0.05) is 12.1 Å². The van der Waals surface area contributed by atoms with E-state index in [2.05, 4.69) is 0 Å². The average Bonchev–Trinajstić information content (AvgIpc) is 2.55. The molecule has 0 aromatic heterocycles. The zero-order chi connectivity index (χ0) is 15.1. The van der Waals surface area contributed by atoms with Gasteiger partial charge in [0.15, 0.2) is 0 Å². The molecule has 0 spiro atoms. The Bertz CT molecular complexity index is 599. The van der Waals surface area contributed by atoms with Crippen LogP contribution in [0.1, 0.15) is 5.56 Å². The van der Waals surface area contributed by atoms with E-state index < -0.39 is 10.8 Å². The van der Waals surface area contributed by atoms with Crippen LogP contribution in [0.2, 0.25) is 0 Å². The maximum absolute atomic E-state index is 12.1. The smallest absolute Gasteiger partial charge is 0.119 e. The number of hydrogen-bond donors (Lipinski definition) is 1. The van der Waals surface area contributed by atoms with Gasteiger partial charge in [-0.25, -0.2) is 0 Å². The molecule has 1 unspecified atom stereocenters. The summed E-state index contributed by atoms with van der Waals surface area (Å²) in [7, 11) is 0.527. The van der Waals surface area contributed by atoms with Crippen molar-refractivity contribution in [3.63, 3.8) is 0 Å². The highest BCUT2D eigenvalue weighted by Gasteiger charge is 2.05. The van der Waals surface area contributed by atoms with Gasteiger partial charge >= 0.3 is 0 Å². The monoisotopic (exact) mass is 305 g/mol. The fourth-order valence-corrected chi connectivity index (χ4v) is 2.75. The normalized spacial score (nSPS) is 11.9. The van der Waals surface area contributed by atoms with E-state index in [0.717, 1.165) is 22.0 Å². The molecule has 1 atom stereocenters. The highest BCUT2D eigenvalue weighted by atomic mass is 32.2.